The van der Waals surface area contributed by atoms with Crippen LogP contribution >= 0.6 is 0 Å². The third-order valence-electron chi connectivity index (χ3n) is 4.46. The minimum absolute atomic E-state index is 0.327. The minimum atomic E-state index is 0.327. The third kappa shape index (κ3) is 2.95. The zero-order valence-electron chi connectivity index (χ0n) is 14.4. The number of nitrogens with two attached hydrogens (primary N) is 1. The van der Waals surface area contributed by atoms with E-state index in [0.717, 1.165) is 18.8 Å². The summed E-state index contributed by atoms with van der Waals surface area (Å²) in [6, 6.07) is 2.52. The number of ether oxygens (including phenoxy) is 1. The SMILES string of the molecule is COc1cc(C)c2c(c1C(C)C)C(CN)N(CC(C)C)C2. The summed E-state index contributed by atoms with van der Waals surface area (Å²) in [6.07, 6.45) is 0. The van der Waals surface area contributed by atoms with Crippen molar-refractivity contribution >= 4 is 0 Å². The second kappa shape index (κ2) is 6.37. The number of rotatable bonds is 5. The highest BCUT2D eigenvalue weighted by atomic mass is 16.5. The number of fused-ring (bicyclic) bond motifs is 1. The number of hydrogen-bond acceptors (Lipinski definition) is 3. The van der Waals surface area contributed by atoms with Gasteiger partial charge in [0.15, 0.2) is 0 Å². The Hall–Kier alpha value is -1.06. The van der Waals surface area contributed by atoms with E-state index in [1.807, 2.05) is 0 Å². The molecule has 1 atom stereocenters. The van der Waals surface area contributed by atoms with E-state index >= 15 is 0 Å². The zero-order chi connectivity index (χ0) is 15.7. The molecule has 1 heterocycles. The molecule has 0 saturated heterocycles. The maximum absolute atomic E-state index is 6.14. The van der Waals surface area contributed by atoms with Gasteiger partial charge in [0.2, 0.25) is 0 Å². The lowest BCUT2D eigenvalue weighted by Gasteiger charge is -2.27. The Morgan fingerprint density at radius 3 is 2.48 bits per heavy atom. The van der Waals surface area contributed by atoms with E-state index < -0.39 is 0 Å². The molecule has 0 spiro atoms. The van der Waals surface area contributed by atoms with Gasteiger partial charge in [0, 0.05) is 31.2 Å². The van der Waals surface area contributed by atoms with Crippen LogP contribution in [0.5, 0.6) is 5.75 Å². The van der Waals surface area contributed by atoms with Crippen LogP contribution in [-0.2, 0) is 6.54 Å². The van der Waals surface area contributed by atoms with Gasteiger partial charge in [-0.3, -0.25) is 4.90 Å². The largest absolute Gasteiger partial charge is 0.496 e. The third-order valence-corrected chi connectivity index (χ3v) is 4.46. The molecule has 3 heteroatoms. The first-order valence-corrected chi connectivity index (χ1v) is 8.05. The summed E-state index contributed by atoms with van der Waals surface area (Å²) in [4.78, 5) is 2.54. The van der Waals surface area contributed by atoms with Crippen molar-refractivity contribution in [3.8, 4) is 5.75 Å². The van der Waals surface area contributed by atoms with Crippen molar-refractivity contribution < 1.29 is 4.74 Å². The fourth-order valence-electron chi connectivity index (χ4n) is 3.65. The lowest BCUT2D eigenvalue weighted by molar-refractivity contribution is 0.195. The van der Waals surface area contributed by atoms with E-state index in [-0.39, 0.29) is 0 Å². The molecule has 0 saturated carbocycles. The molecule has 0 aliphatic carbocycles. The summed E-state index contributed by atoms with van der Waals surface area (Å²) in [5.74, 6) is 2.12. The van der Waals surface area contributed by atoms with E-state index in [9.17, 15) is 0 Å². The molecule has 118 valence electrons. The van der Waals surface area contributed by atoms with Gasteiger partial charge in [-0.15, -0.1) is 0 Å². The van der Waals surface area contributed by atoms with E-state index in [4.69, 9.17) is 10.5 Å². The van der Waals surface area contributed by atoms with Gasteiger partial charge in [-0.05, 0) is 41.5 Å². The Kier molecular flexibility index (Phi) is 4.95. The second-order valence-electron chi connectivity index (χ2n) is 6.93. The van der Waals surface area contributed by atoms with E-state index in [2.05, 4.69) is 45.6 Å². The van der Waals surface area contributed by atoms with E-state index in [1.54, 1.807) is 7.11 Å². The van der Waals surface area contributed by atoms with Crippen molar-refractivity contribution in [3.63, 3.8) is 0 Å². The molecule has 1 aromatic carbocycles. The first-order chi connectivity index (χ1) is 9.90. The first kappa shape index (κ1) is 16.3. The number of hydrogen-bond donors (Lipinski definition) is 1. The number of aryl methyl sites for hydroxylation is 1. The van der Waals surface area contributed by atoms with Crippen LogP contribution in [0.2, 0.25) is 0 Å². The van der Waals surface area contributed by atoms with Crippen LogP contribution in [0.4, 0.5) is 0 Å². The summed E-state index contributed by atoms with van der Waals surface area (Å²) in [5.41, 5.74) is 11.7. The number of nitrogens with zero attached hydrogens (tertiary/aromatic N) is 1. The summed E-state index contributed by atoms with van der Waals surface area (Å²) >= 11 is 0. The minimum Gasteiger partial charge on any atom is -0.496 e. The fourth-order valence-corrected chi connectivity index (χ4v) is 3.65. The van der Waals surface area contributed by atoms with Gasteiger partial charge in [0.1, 0.15) is 5.75 Å². The molecular weight excluding hydrogens is 260 g/mol. The maximum atomic E-state index is 6.14. The highest BCUT2D eigenvalue weighted by molar-refractivity contribution is 5.54. The summed E-state index contributed by atoms with van der Waals surface area (Å²) in [6.45, 7) is 14.0. The average Bonchev–Trinajstić information content (AvgIpc) is 2.75. The molecule has 0 aromatic heterocycles. The Labute approximate surface area is 129 Å². The Bertz CT molecular complexity index is 508. The van der Waals surface area contributed by atoms with Crippen molar-refractivity contribution in [3.05, 3.63) is 28.3 Å². The van der Waals surface area contributed by atoms with Crippen molar-refractivity contribution in [2.75, 3.05) is 20.2 Å². The monoisotopic (exact) mass is 290 g/mol. The molecule has 0 amide bonds. The van der Waals surface area contributed by atoms with E-state index in [1.165, 1.54) is 22.3 Å². The zero-order valence-corrected chi connectivity index (χ0v) is 14.4. The normalized spacial score (nSPS) is 18.6. The van der Waals surface area contributed by atoms with Crippen LogP contribution in [0.3, 0.4) is 0 Å². The van der Waals surface area contributed by atoms with Gasteiger partial charge in [-0.25, -0.2) is 0 Å². The van der Waals surface area contributed by atoms with Crippen molar-refractivity contribution in [1.29, 1.82) is 0 Å². The van der Waals surface area contributed by atoms with Crippen LogP contribution in [0.1, 0.15) is 61.9 Å². The molecule has 21 heavy (non-hydrogen) atoms. The quantitative estimate of drug-likeness (QED) is 0.900. The Morgan fingerprint density at radius 1 is 1.33 bits per heavy atom. The van der Waals surface area contributed by atoms with Crippen molar-refractivity contribution in [1.82, 2.24) is 4.90 Å². The molecule has 0 radical (unpaired) electrons. The fraction of sp³-hybridized carbons (Fsp3) is 0.667. The predicted molar refractivity (Wildman–Crippen MR) is 88.9 cm³/mol. The molecule has 2 rings (SSSR count). The molecule has 0 fully saturated rings. The molecule has 0 bridgehead atoms. The molecular formula is C18H30N2O. The van der Waals surface area contributed by atoms with Gasteiger partial charge >= 0.3 is 0 Å². The van der Waals surface area contributed by atoms with Crippen molar-refractivity contribution in [2.24, 2.45) is 11.7 Å². The number of methoxy groups -OCH3 is 1. The lowest BCUT2D eigenvalue weighted by Crippen LogP contribution is -2.31. The lowest BCUT2D eigenvalue weighted by atomic mass is 9.88. The smallest absolute Gasteiger partial charge is 0.122 e. The first-order valence-electron chi connectivity index (χ1n) is 8.05. The summed E-state index contributed by atoms with van der Waals surface area (Å²) < 4.78 is 5.66. The standard InChI is InChI=1S/C18H30N2O/c1-11(2)9-20-10-14-13(5)7-16(21-6)17(12(3)4)18(14)15(20)8-19/h7,11-12,15H,8-10,19H2,1-6H3. The van der Waals surface area contributed by atoms with Crippen LogP contribution < -0.4 is 10.5 Å². The Morgan fingerprint density at radius 2 is 2.00 bits per heavy atom. The predicted octanol–water partition coefficient (Wildman–Crippen LogP) is 3.60. The van der Waals surface area contributed by atoms with Gasteiger partial charge < -0.3 is 10.5 Å². The molecule has 1 aliphatic heterocycles. The summed E-state index contributed by atoms with van der Waals surface area (Å²) in [5, 5.41) is 0. The van der Waals surface area contributed by atoms with Gasteiger partial charge in [0.25, 0.3) is 0 Å². The highest BCUT2D eigenvalue weighted by Gasteiger charge is 2.34. The topological polar surface area (TPSA) is 38.5 Å². The average molecular weight is 290 g/mol. The van der Waals surface area contributed by atoms with Crippen LogP contribution in [-0.4, -0.2) is 25.1 Å². The second-order valence-corrected chi connectivity index (χ2v) is 6.93. The molecule has 3 nitrogen and oxygen atoms in total. The summed E-state index contributed by atoms with van der Waals surface area (Å²) in [7, 11) is 1.77. The van der Waals surface area contributed by atoms with Gasteiger partial charge in [-0.2, -0.15) is 0 Å². The van der Waals surface area contributed by atoms with Gasteiger partial charge in [-0.1, -0.05) is 27.7 Å². The van der Waals surface area contributed by atoms with E-state index in [0.29, 0.717) is 24.4 Å². The molecule has 2 N–H and O–H groups in total. The van der Waals surface area contributed by atoms with Crippen LogP contribution in [0.25, 0.3) is 0 Å². The highest BCUT2D eigenvalue weighted by Crippen LogP contribution is 2.44. The van der Waals surface area contributed by atoms with Gasteiger partial charge in [0.05, 0.1) is 7.11 Å². The van der Waals surface area contributed by atoms with Crippen LogP contribution in [0, 0.1) is 12.8 Å². The van der Waals surface area contributed by atoms with Crippen LogP contribution in [0.15, 0.2) is 6.07 Å². The Balaban J connectivity index is 2.57. The number of benzene rings is 1. The maximum Gasteiger partial charge on any atom is 0.122 e. The van der Waals surface area contributed by atoms with Crippen molar-refractivity contribution in [2.45, 2.75) is 53.1 Å². The molecule has 1 aliphatic rings. The molecule has 1 aromatic rings. The molecule has 1 unspecified atom stereocenters.